The summed E-state index contributed by atoms with van der Waals surface area (Å²) in [6.45, 7) is 9.85. The standard InChI is InChI=1S/C15H28N2O3/c1-11-7-6-8-17(10-11)12(18)9-16-13(14(19)20-5)15(2,3)4/h11,13,16H,6-10H2,1-5H3/t11-,13+/m0/s1. The van der Waals surface area contributed by atoms with E-state index in [-0.39, 0.29) is 23.8 Å². The molecule has 1 rings (SSSR count). The van der Waals surface area contributed by atoms with Gasteiger partial charge in [0.25, 0.3) is 0 Å². The van der Waals surface area contributed by atoms with Crippen LogP contribution in [0.25, 0.3) is 0 Å². The minimum atomic E-state index is -0.473. The lowest BCUT2D eigenvalue weighted by molar-refractivity contribution is -0.146. The summed E-state index contributed by atoms with van der Waals surface area (Å²) < 4.78 is 4.81. The number of ether oxygens (including phenoxy) is 1. The van der Waals surface area contributed by atoms with Gasteiger partial charge < -0.3 is 9.64 Å². The molecule has 0 bridgehead atoms. The third kappa shape index (κ3) is 4.78. The Morgan fingerprint density at radius 1 is 1.40 bits per heavy atom. The van der Waals surface area contributed by atoms with Crippen LogP contribution in [0.4, 0.5) is 0 Å². The van der Waals surface area contributed by atoms with Crippen LogP contribution in [0.2, 0.25) is 0 Å². The number of nitrogens with zero attached hydrogens (tertiary/aromatic N) is 1. The van der Waals surface area contributed by atoms with E-state index in [1.165, 1.54) is 13.5 Å². The Bertz CT molecular complexity index is 350. The predicted molar refractivity (Wildman–Crippen MR) is 78.2 cm³/mol. The maximum atomic E-state index is 12.2. The molecular weight excluding hydrogens is 256 g/mol. The van der Waals surface area contributed by atoms with Crippen molar-refractivity contribution in [3.05, 3.63) is 0 Å². The number of carbonyl (C=O) groups excluding carboxylic acids is 2. The summed E-state index contributed by atoms with van der Waals surface area (Å²) >= 11 is 0. The van der Waals surface area contributed by atoms with Crippen LogP contribution in [0.3, 0.4) is 0 Å². The highest BCUT2D eigenvalue weighted by molar-refractivity contribution is 5.81. The lowest BCUT2D eigenvalue weighted by Gasteiger charge is -2.33. The van der Waals surface area contributed by atoms with Gasteiger partial charge in [-0.25, -0.2) is 0 Å². The predicted octanol–water partition coefficient (Wildman–Crippen LogP) is 1.42. The van der Waals surface area contributed by atoms with E-state index in [0.29, 0.717) is 5.92 Å². The summed E-state index contributed by atoms with van der Waals surface area (Å²) in [6.07, 6.45) is 2.25. The van der Waals surface area contributed by atoms with Crippen LogP contribution in [-0.2, 0) is 14.3 Å². The van der Waals surface area contributed by atoms with Crippen molar-refractivity contribution in [2.45, 2.75) is 46.6 Å². The van der Waals surface area contributed by atoms with Crippen molar-refractivity contribution in [2.75, 3.05) is 26.7 Å². The zero-order valence-corrected chi connectivity index (χ0v) is 13.4. The van der Waals surface area contributed by atoms with Crippen LogP contribution < -0.4 is 5.32 Å². The van der Waals surface area contributed by atoms with E-state index in [1.54, 1.807) is 0 Å². The van der Waals surface area contributed by atoms with Gasteiger partial charge in [-0.05, 0) is 24.2 Å². The van der Waals surface area contributed by atoms with E-state index in [2.05, 4.69) is 12.2 Å². The molecule has 5 heteroatoms. The first-order chi connectivity index (χ1) is 9.25. The van der Waals surface area contributed by atoms with Gasteiger partial charge in [-0.1, -0.05) is 27.7 Å². The summed E-state index contributed by atoms with van der Waals surface area (Å²) in [6, 6.07) is -0.473. The van der Waals surface area contributed by atoms with Crippen molar-refractivity contribution >= 4 is 11.9 Å². The first-order valence-corrected chi connectivity index (χ1v) is 7.34. The van der Waals surface area contributed by atoms with E-state index >= 15 is 0 Å². The molecule has 2 atom stereocenters. The number of hydrogen-bond donors (Lipinski definition) is 1. The van der Waals surface area contributed by atoms with E-state index in [9.17, 15) is 9.59 Å². The quantitative estimate of drug-likeness (QED) is 0.793. The van der Waals surface area contributed by atoms with Crippen LogP contribution >= 0.6 is 0 Å². The third-order valence-electron chi connectivity index (χ3n) is 3.77. The summed E-state index contributed by atoms with van der Waals surface area (Å²) in [5.41, 5.74) is -0.289. The maximum Gasteiger partial charge on any atom is 0.323 e. The van der Waals surface area contributed by atoms with Gasteiger partial charge in [-0.3, -0.25) is 14.9 Å². The Balaban J connectivity index is 2.54. The van der Waals surface area contributed by atoms with Crippen molar-refractivity contribution in [3.63, 3.8) is 0 Å². The molecule has 0 unspecified atom stereocenters. The molecule has 0 saturated carbocycles. The van der Waals surface area contributed by atoms with Gasteiger partial charge in [0.1, 0.15) is 6.04 Å². The van der Waals surface area contributed by atoms with Gasteiger partial charge in [-0.2, -0.15) is 0 Å². The van der Waals surface area contributed by atoms with Crippen molar-refractivity contribution in [2.24, 2.45) is 11.3 Å². The van der Waals surface area contributed by atoms with E-state index in [0.717, 1.165) is 19.5 Å². The number of likely N-dealkylation sites (tertiary alicyclic amines) is 1. The van der Waals surface area contributed by atoms with Gasteiger partial charge in [-0.15, -0.1) is 0 Å². The highest BCUT2D eigenvalue weighted by Gasteiger charge is 2.33. The van der Waals surface area contributed by atoms with Gasteiger partial charge in [0, 0.05) is 13.1 Å². The normalized spacial score (nSPS) is 21.4. The number of esters is 1. The zero-order valence-electron chi connectivity index (χ0n) is 13.4. The highest BCUT2D eigenvalue weighted by atomic mass is 16.5. The molecule has 1 fully saturated rings. The molecule has 0 aromatic heterocycles. The molecule has 5 nitrogen and oxygen atoms in total. The Hall–Kier alpha value is -1.10. The molecule has 0 aromatic carbocycles. The average molecular weight is 284 g/mol. The molecule has 1 aliphatic heterocycles. The molecule has 0 spiro atoms. The highest BCUT2D eigenvalue weighted by Crippen LogP contribution is 2.20. The minimum absolute atomic E-state index is 0.0645. The second kappa shape index (κ2) is 7.07. The van der Waals surface area contributed by atoms with Crippen LogP contribution in [0.5, 0.6) is 0 Å². The van der Waals surface area contributed by atoms with Crippen LogP contribution in [0, 0.1) is 11.3 Å². The van der Waals surface area contributed by atoms with Crippen LogP contribution in [-0.4, -0.2) is 49.6 Å². The summed E-state index contributed by atoms with van der Waals surface area (Å²) in [7, 11) is 1.37. The SMILES string of the molecule is COC(=O)[C@@H](NCC(=O)N1CCC[C@H](C)C1)C(C)(C)C. The number of methoxy groups -OCH3 is 1. The van der Waals surface area contributed by atoms with Crippen molar-refractivity contribution in [1.29, 1.82) is 0 Å². The molecule has 1 saturated heterocycles. The Labute approximate surface area is 122 Å². The topological polar surface area (TPSA) is 58.6 Å². The first-order valence-electron chi connectivity index (χ1n) is 7.34. The molecule has 1 N–H and O–H groups in total. The maximum absolute atomic E-state index is 12.2. The Morgan fingerprint density at radius 3 is 2.55 bits per heavy atom. The second-order valence-electron chi connectivity index (χ2n) is 6.79. The largest absolute Gasteiger partial charge is 0.468 e. The number of hydrogen-bond acceptors (Lipinski definition) is 4. The van der Waals surface area contributed by atoms with Gasteiger partial charge in [0.15, 0.2) is 0 Å². The van der Waals surface area contributed by atoms with Gasteiger partial charge in [0.2, 0.25) is 5.91 Å². The molecule has 1 aliphatic rings. The van der Waals surface area contributed by atoms with Crippen molar-refractivity contribution in [3.8, 4) is 0 Å². The number of carbonyl (C=O) groups is 2. The molecule has 0 radical (unpaired) electrons. The van der Waals surface area contributed by atoms with Crippen LogP contribution in [0.15, 0.2) is 0 Å². The average Bonchev–Trinajstić information content (AvgIpc) is 2.36. The van der Waals surface area contributed by atoms with Crippen LogP contribution in [0.1, 0.15) is 40.5 Å². The summed E-state index contributed by atoms with van der Waals surface area (Å²) in [5.74, 6) is 0.304. The molecule has 0 aliphatic carbocycles. The van der Waals surface area contributed by atoms with E-state index < -0.39 is 6.04 Å². The third-order valence-corrected chi connectivity index (χ3v) is 3.77. The van der Waals surface area contributed by atoms with Gasteiger partial charge >= 0.3 is 5.97 Å². The molecular formula is C15H28N2O3. The van der Waals surface area contributed by atoms with Crippen molar-refractivity contribution in [1.82, 2.24) is 10.2 Å². The van der Waals surface area contributed by atoms with Crippen molar-refractivity contribution < 1.29 is 14.3 Å². The number of rotatable bonds is 4. The lowest BCUT2D eigenvalue weighted by Crippen LogP contribution is -2.51. The minimum Gasteiger partial charge on any atom is -0.468 e. The summed E-state index contributed by atoms with van der Waals surface area (Å²) in [4.78, 5) is 25.9. The molecule has 1 amide bonds. The molecule has 20 heavy (non-hydrogen) atoms. The first kappa shape index (κ1) is 17.0. The Morgan fingerprint density at radius 2 is 2.05 bits per heavy atom. The van der Waals surface area contributed by atoms with E-state index in [1.807, 2.05) is 25.7 Å². The molecule has 0 aromatic rings. The number of piperidine rings is 1. The smallest absolute Gasteiger partial charge is 0.323 e. The second-order valence-corrected chi connectivity index (χ2v) is 6.79. The monoisotopic (exact) mass is 284 g/mol. The molecule has 116 valence electrons. The fourth-order valence-corrected chi connectivity index (χ4v) is 2.58. The fourth-order valence-electron chi connectivity index (χ4n) is 2.58. The fraction of sp³-hybridized carbons (Fsp3) is 0.867. The van der Waals surface area contributed by atoms with E-state index in [4.69, 9.17) is 4.74 Å². The lowest BCUT2D eigenvalue weighted by atomic mass is 9.86. The van der Waals surface area contributed by atoms with Gasteiger partial charge in [0.05, 0.1) is 13.7 Å². The number of amides is 1. The zero-order chi connectivity index (χ0) is 15.3. The Kier molecular flexibility index (Phi) is 5.99. The number of nitrogens with one attached hydrogen (secondary N) is 1. The summed E-state index contributed by atoms with van der Waals surface area (Å²) in [5, 5.41) is 3.06. The molecule has 1 heterocycles.